The Morgan fingerprint density at radius 1 is 1.54 bits per heavy atom. The Morgan fingerprint density at radius 2 is 2.15 bits per heavy atom. The van der Waals surface area contributed by atoms with Crippen LogP contribution < -0.4 is 5.32 Å². The molecule has 1 amide bonds. The predicted molar refractivity (Wildman–Crippen MR) is 54.4 cm³/mol. The number of carbonyl (C=O) groups is 1. The van der Waals surface area contributed by atoms with Gasteiger partial charge in [0.2, 0.25) is 5.91 Å². The lowest BCUT2D eigenvalue weighted by molar-refractivity contribution is -0.116. The number of allylic oxidation sites excluding steroid dienone is 1. The summed E-state index contributed by atoms with van der Waals surface area (Å²) in [5.74, 6) is 0.0179. The van der Waals surface area contributed by atoms with E-state index in [1.807, 2.05) is 6.92 Å². The first-order valence-corrected chi connectivity index (χ1v) is 4.85. The molecule has 0 aromatic heterocycles. The van der Waals surface area contributed by atoms with Crippen LogP contribution in [0.2, 0.25) is 0 Å². The minimum absolute atomic E-state index is 0.0179. The Balaban J connectivity index is 2.39. The van der Waals surface area contributed by atoms with Crippen molar-refractivity contribution >= 4 is 5.91 Å². The number of carbonyl (C=O) groups excluding carboxylic acids is 1. The average molecular weight is 179 g/mol. The number of rotatable bonds is 3. The van der Waals surface area contributed by atoms with Crippen molar-refractivity contribution in [1.82, 2.24) is 5.32 Å². The largest absolute Gasteiger partial charge is 0.347 e. The molecule has 0 aliphatic heterocycles. The fourth-order valence-corrected chi connectivity index (χ4v) is 1.48. The minimum Gasteiger partial charge on any atom is -0.347 e. The van der Waals surface area contributed by atoms with E-state index in [9.17, 15) is 4.79 Å². The first-order valence-electron chi connectivity index (χ1n) is 4.85. The van der Waals surface area contributed by atoms with Crippen LogP contribution in [0.4, 0.5) is 0 Å². The highest BCUT2D eigenvalue weighted by Crippen LogP contribution is 2.23. The van der Waals surface area contributed by atoms with Crippen LogP contribution in [-0.2, 0) is 4.79 Å². The van der Waals surface area contributed by atoms with Gasteiger partial charge in [-0.1, -0.05) is 11.6 Å². The number of amides is 1. The lowest BCUT2D eigenvalue weighted by Gasteiger charge is -2.06. The van der Waals surface area contributed by atoms with Gasteiger partial charge in [0.15, 0.2) is 0 Å². The lowest BCUT2D eigenvalue weighted by Crippen LogP contribution is -2.29. The molecule has 0 saturated heterocycles. The molecule has 1 saturated carbocycles. The SMILES string of the molecule is C=CC(C)NC(=O)C=C1CCCC1. The standard InChI is InChI=1S/C11H17NO/c1-3-9(2)12-11(13)8-10-6-4-5-7-10/h3,8-9H,1,4-7H2,2H3,(H,12,13). The summed E-state index contributed by atoms with van der Waals surface area (Å²) in [5, 5.41) is 2.82. The normalized spacial score (nSPS) is 18.1. The molecule has 1 rings (SSSR count). The zero-order valence-corrected chi connectivity index (χ0v) is 8.18. The van der Waals surface area contributed by atoms with E-state index in [1.54, 1.807) is 12.2 Å². The number of hydrogen-bond acceptors (Lipinski definition) is 1. The molecule has 0 spiro atoms. The van der Waals surface area contributed by atoms with E-state index in [0.29, 0.717) is 0 Å². The molecule has 0 bridgehead atoms. The Bertz CT molecular complexity index is 222. The van der Waals surface area contributed by atoms with Gasteiger partial charge in [-0.2, -0.15) is 0 Å². The van der Waals surface area contributed by atoms with Crippen molar-refractivity contribution < 1.29 is 4.79 Å². The Kier molecular flexibility index (Phi) is 3.74. The molecule has 1 aliphatic rings. The molecule has 1 atom stereocenters. The van der Waals surface area contributed by atoms with Gasteiger partial charge in [-0.3, -0.25) is 4.79 Å². The summed E-state index contributed by atoms with van der Waals surface area (Å²) >= 11 is 0. The van der Waals surface area contributed by atoms with Crippen molar-refractivity contribution in [2.24, 2.45) is 0 Å². The fraction of sp³-hybridized carbons (Fsp3) is 0.545. The molecule has 2 heteroatoms. The van der Waals surface area contributed by atoms with Crippen molar-refractivity contribution in [3.63, 3.8) is 0 Å². The molecule has 2 nitrogen and oxygen atoms in total. The van der Waals surface area contributed by atoms with Crippen LogP contribution in [0.3, 0.4) is 0 Å². The summed E-state index contributed by atoms with van der Waals surface area (Å²) in [7, 11) is 0. The Morgan fingerprint density at radius 3 is 2.69 bits per heavy atom. The summed E-state index contributed by atoms with van der Waals surface area (Å²) < 4.78 is 0. The highest BCUT2D eigenvalue weighted by molar-refractivity contribution is 5.88. The van der Waals surface area contributed by atoms with Crippen molar-refractivity contribution in [1.29, 1.82) is 0 Å². The average Bonchev–Trinajstić information content (AvgIpc) is 2.56. The van der Waals surface area contributed by atoms with Crippen molar-refractivity contribution in [3.8, 4) is 0 Å². The Hall–Kier alpha value is -1.05. The second kappa shape index (κ2) is 4.85. The summed E-state index contributed by atoms with van der Waals surface area (Å²) in [6.45, 7) is 5.52. The molecule has 72 valence electrons. The van der Waals surface area contributed by atoms with Gasteiger partial charge in [0.25, 0.3) is 0 Å². The second-order valence-electron chi connectivity index (χ2n) is 3.54. The smallest absolute Gasteiger partial charge is 0.244 e. The van der Waals surface area contributed by atoms with Crippen LogP contribution in [0.5, 0.6) is 0 Å². The second-order valence-corrected chi connectivity index (χ2v) is 3.54. The molecule has 0 heterocycles. The molecule has 0 aromatic rings. The van der Waals surface area contributed by atoms with Crippen molar-refractivity contribution in [2.75, 3.05) is 0 Å². The third kappa shape index (κ3) is 3.45. The fourth-order valence-electron chi connectivity index (χ4n) is 1.48. The molecule has 0 aromatic carbocycles. The molecule has 1 N–H and O–H groups in total. The molecular weight excluding hydrogens is 162 g/mol. The van der Waals surface area contributed by atoms with Gasteiger partial charge >= 0.3 is 0 Å². The third-order valence-corrected chi connectivity index (χ3v) is 2.30. The summed E-state index contributed by atoms with van der Waals surface area (Å²) in [5.41, 5.74) is 1.29. The first kappa shape index (κ1) is 10.0. The zero-order chi connectivity index (χ0) is 9.68. The van der Waals surface area contributed by atoms with Gasteiger partial charge in [-0.05, 0) is 32.6 Å². The van der Waals surface area contributed by atoms with Gasteiger partial charge in [0, 0.05) is 12.1 Å². The molecular formula is C11H17NO. The zero-order valence-electron chi connectivity index (χ0n) is 8.18. The van der Waals surface area contributed by atoms with Gasteiger partial charge in [0.1, 0.15) is 0 Å². The number of hydrogen-bond donors (Lipinski definition) is 1. The quantitative estimate of drug-likeness (QED) is 0.522. The minimum atomic E-state index is 0.0179. The molecule has 1 fully saturated rings. The van der Waals surface area contributed by atoms with E-state index in [4.69, 9.17) is 0 Å². The van der Waals surface area contributed by atoms with E-state index >= 15 is 0 Å². The summed E-state index contributed by atoms with van der Waals surface area (Å²) in [6, 6.07) is 0.0609. The topological polar surface area (TPSA) is 29.1 Å². The lowest BCUT2D eigenvalue weighted by atomic mass is 10.2. The van der Waals surface area contributed by atoms with E-state index in [2.05, 4.69) is 11.9 Å². The van der Waals surface area contributed by atoms with Crippen LogP contribution in [0.15, 0.2) is 24.3 Å². The Labute approximate surface area is 79.7 Å². The van der Waals surface area contributed by atoms with E-state index in [0.717, 1.165) is 12.8 Å². The van der Waals surface area contributed by atoms with Gasteiger partial charge < -0.3 is 5.32 Å². The maximum Gasteiger partial charge on any atom is 0.244 e. The van der Waals surface area contributed by atoms with Crippen LogP contribution in [-0.4, -0.2) is 11.9 Å². The van der Waals surface area contributed by atoms with Crippen LogP contribution in [0, 0.1) is 0 Å². The van der Waals surface area contributed by atoms with Crippen molar-refractivity contribution in [2.45, 2.75) is 38.6 Å². The highest BCUT2D eigenvalue weighted by Gasteiger charge is 2.08. The summed E-state index contributed by atoms with van der Waals surface area (Å²) in [6.07, 6.45) is 8.12. The summed E-state index contributed by atoms with van der Waals surface area (Å²) in [4.78, 5) is 11.3. The van der Waals surface area contributed by atoms with Crippen LogP contribution >= 0.6 is 0 Å². The van der Waals surface area contributed by atoms with E-state index in [-0.39, 0.29) is 11.9 Å². The molecule has 1 unspecified atom stereocenters. The molecule has 0 radical (unpaired) electrons. The van der Waals surface area contributed by atoms with Gasteiger partial charge in [0.05, 0.1) is 0 Å². The van der Waals surface area contributed by atoms with Gasteiger partial charge in [-0.15, -0.1) is 6.58 Å². The predicted octanol–water partition coefficient (Wildman–Crippen LogP) is 2.18. The highest BCUT2D eigenvalue weighted by atomic mass is 16.1. The first-order chi connectivity index (χ1) is 6.22. The maximum absolute atomic E-state index is 11.3. The van der Waals surface area contributed by atoms with Crippen LogP contribution in [0.25, 0.3) is 0 Å². The third-order valence-electron chi connectivity index (χ3n) is 2.30. The molecule has 1 aliphatic carbocycles. The number of nitrogens with one attached hydrogen (secondary N) is 1. The van der Waals surface area contributed by atoms with Gasteiger partial charge in [-0.25, -0.2) is 0 Å². The van der Waals surface area contributed by atoms with E-state index < -0.39 is 0 Å². The monoisotopic (exact) mass is 179 g/mol. The van der Waals surface area contributed by atoms with E-state index in [1.165, 1.54) is 18.4 Å². The maximum atomic E-state index is 11.3. The molecule has 13 heavy (non-hydrogen) atoms. The van der Waals surface area contributed by atoms with Crippen LogP contribution in [0.1, 0.15) is 32.6 Å². The van der Waals surface area contributed by atoms with Crippen molar-refractivity contribution in [3.05, 3.63) is 24.3 Å².